The first-order chi connectivity index (χ1) is 9.13. The molecule has 2 rings (SSSR count). The predicted molar refractivity (Wildman–Crippen MR) is 74.8 cm³/mol. The summed E-state index contributed by atoms with van der Waals surface area (Å²) in [5, 5.41) is 7.70. The first-order valence-electron chi connectivity index (χ1n) is 6.27. The van der Waals surface area contributed by atoms with E-state index in [0.717, 1.165) is 17.5 Å². The van der Waals surface area contributed by atoms with Gasteiger partial charge in [0.25, 0.3) is 0 Å². The molecule has 5 heteroatoms. The zero-order valence-electron chi connectivity index (χ0n) is 11.0. The first kappa shape index (κ1) is 14.0. The summed E-state index contributed by atoms with van der Waals surface area (Å²) in [6, 6.07) is 5.04. The Morgan fingerprint density at radius 3 is 2.89 bits per heavy atom. The molecular formula is C14H17ClFN3. The molecule has 3 nitrogen and oxygen atoms in total. The molecule has 1 aromatic heterocycles. The van der Waals surface area contributed by atoms with Crippen molar-refractivity contribution >= 4 is 11.6 Å². The van der Waals surface area contributed by atoms with Crippen LogP contribution in [0.2, 0.25) is 5.02 Å². The van der Waals surface area contributed by atoms with Crippen LogP contribution in [0.4, 0.5) is 4.39 Å². The van der Waals surface area contributed by atoms with Gasteiger partial charge in [0.2, 0.25) is 0 Å². The van der Waals surface area contributed by atoms with E-state index in [0.29, 0.717) is 12.6 Å². The molecule has 0 saturated heterocycles. The van der Waals surface area contributed by atoms with E-state index < -0.39 is 5.82 Å². The molecule has 1 aromatic carbocycles. The summed E-state index contributed by atoms with van der Waals surface area (Å²) >= 11 is 5.77. The van der Waals surface area contributed by atoms with Gasteiger partial charge in [-0.25, -0.2) is 4.39 Å². The monoisotopic (exact) mass is 281 g/mol. The van der Waals surface area contributed by atoms with Gasteiger partial charge in [-0.05, 0) is 31.2 Å². The highest BCUT2D eigenvalue weighted by Crippen LogP contribution is 2.18. The van der Waals surface area contributed by atoms with Gasteiger partial charge in [0.05, 0.1) is 17.8 Å². The van der Waals surface area contributed by atoms with E-state index in [1.807, 2.05) is 24.1 Å². The highest BCUT2D eigenvalue weighted by Gasteiger charge is 2.09. The molecule has 0 amide bonds. The molecule has 1 heterocycles. The third-order valence-electron chi connectivity index (χ3n) is 3.14. The largest absolute Gasteiger partial charge is 0.313 e. The van der Waals surface area contributed by atoms with Crippen molar-refractivity contribution in [2.45, 2.75) is 25.9 Å². The summed E-state index contributed by atoms with van der Waals surface area (Å²) < 4.78 is 14.9. The molecule has 2 aromatic rings. The van der Waals surface area contributed by atoms with E-state index in [4.69, 9.17) is 11.6 Å². The summed E-state index contributed by atoms with van der Waals surface area (Å²) in [6.45, 7) is 2.71. The van der Waals surface area contributed by atoms with Crippen LogP contribution in [0.5, 0.6) is 0 Å². The van der Waals surface area contributed by atoms with E-state index in [9.17, 15) is 4.39 Å². The minimum absolute atomic E-state index is 0.145. The fraction of sp³-hybridized carbons (Fsp3) is 0.357. The van der Waals surface area contributed by atoms with Gasteiger partial charge in [0, 0.05) is 17.8 Å². The third kappa shape index (κ3) is 3.33. The molecule has 102 valence electrons. The van der Waals surface area contributed by atoms with Gasteiger partial charge in [0.15, 0.2) is 0 Å². The van der Waals surface area contributed by atoms with Crippen LogP contribution in [-0.2, 0) is 6.54 Å². The molecule has 0 fully saturated rings. The Balaban J connectivity index is 2.13. The summed E-state index contributed by atoms with van der Waals surface area (Å²) in [5.74, 6) is -0.396. The molecule has 1 N–H and O–H groups in total. The number of hydrogen-bond donors (Lipinski definition) is 1. The minimum atomic E-state index is -0.396. The highest BCUT2D eigenvalue weighted by molar-refractivity contribution is 6.30. The van der Waals surface area contributed by atoms with Gasteiger partial charge in [-0.1, -0.05) is 24.6 Å². The third-order valence-corrected chi connectivity index (χ3v) is 3.43. The van der Waals surface area contributed by atoms with E-state index >= 15 is 0 Å². The molecule has 0 radical (unpaired) electrons. The lowest BCUT2D eigenvalue weighted by molar-refractivity contribution is 0.575. The molecule has 0 bridgehead atoms. The Bertz CT molecular complexity index is 549. The van der Waals surface area contributed by atoms with Crippen LogP contribution in [-0.4, -0.2) is 16.8 Å². The maximum Gasteiger partial charge on any atom is 0.141 e. The Morgan fingerprint density at radius 1 is 1.47 bits per heavy atom. The minimum Gasteiger partial charge on any atom is -0.313 e. The van der Waals surface area contributed by atoms with E-state index in [1.54, 1.807) is 12.1 Å². The van der Waals surface area contributed by atoms with Crippen LogP contribution < -0.4 is 5.32 Å². The van der Waals surface area contributed by atoms with Crippen LogP contribution in [0.3, 0.4) is 0 Å². The average Bonchev–Trinajstić information content (AvgIpc) is 2.84. The van der Waals surface area contributed by atoms with Crippen molar-refractivity contribution < 1.29 is 4.39 Å². The number of nitrogens with zero attached hydrogens (tertiary/aromatic N) is 2. The Kier molecular flexibility index (Phi) is 4.56. The second-order valence-corrected chi connectivity index (χ2v) is 4.88. The van der Waals surface area contributed by atoms with Crippen LogP contribution in [0, 0.1) is 5.82 Å². The van der Waals surface area contributed by atoms with Crippen molar-refractivity contribution in [1.29, 1.82) is 0 Å². The fourth-order valence-electron chi connectivity index (χ4n) is 2.08. The van der Waals surface area contributed by atoms with E-state index in [-0.39, 0.29) is 5.02 Å². The van der Waals surface area contributed by atoms with Gasteiger partial charge in [-0.15, -0.1) is 0 Å². The first-order valence-corrected chi connectivity index (χ1v) is 6.65. The van der Waals surface area contributed by atoms with Crippen molar-refractivity contribution in [3.8, 4) is 0 Å². The molecule has 0 aliphatic rings. The van der Waals surface area contributed by atoms with Crippen molar-refractivity contribution in [3.05, 3.63) is 52.6 Å². The maximum atomic E-state index is 13.1. The van der Waals surface area contributed by atoms with Crippen molar-refractivity contribution in [1.82, 2.24) is 15.1 Å². The van der Waals surface area contributed by atoms with Crippen LogP contribution in [0.15, 0.2) is 30.6 Å². The highest BCUT2D eigenvalue weighted by atomic mass is 35.5. The predicted octanol–water partition coefficient (Wildman–Crippen LogP) is 3.39. The number of aromatic nitrogens is 2. The van der Waals surface area contributed by atoms with Gasteiger partial charge in [-0.2, -0.15) is 5.10 Å². The quantitative estimate of drug-likeness (QED) is 0.910. The molecule has 0 aliphatic carbocycles. The number of halogens is 2. The Morgan fingerprint density at radius 2 is 2.26 bits per heavy atom. The van der Waals surface area contributed by atoms with Crippen molar-refractivity contribution in [2.75, 3.05) is 7.05 Å². The molecule has 1 atom stereocenters. The topological polar surface area (TPSA) is 29.9 Å². The molecule has 1 unspecified atom stereocenters. The smallest absolute Gasteiger partial charge is 0.141 e. The maximum absolute atomic E-state index is 13.1. The summed E-state index contributed by atoms with van der Waals surface area (Å²) in [7, 11) is 1.94. The number of nitrogens with one attached hydrogen (secondary N) is 1. The molecule has 19 heavy (non-hydrogen) atoms. The molecule has 0 aliphatic heterocycles. The second kappa shape index (κ2) is 6.17. The number of hydrogen-bond acceptors (Lipinski definition) is 2. The molecule has 0 saturated carbocycles. The van der Waals surface area contributed by atoms with E-state index in [1.165, 1.54) is 6.07 Å². The zero-order chi connectivity index (χ0) is 13.8. The lowest BCUT2D eigenvalue weighted by Crippen LogP contribution is -2.14. The van der Waals surface area contributed by atoms with E-state index in [2.05, 4.69) is 17.3 Å². The molecule has 0 spiro atoms. The summed E-state index contributed by atoms with van der Waals surface area (Å²) in [5.41, 5.74) is 2.08. The normalized spacial score (nSPS) is 12.6. The zero-order valence-corrected chi connectivity index (χ0v) is 11.8. The van der Waals surface area contributed by atoms with Crippen molar-refractivity contribution in [2.24, 2.45) is 0 Å². The van der Waals surface area contributed by atoms with Crippen LogP contribution >= 0.6 is 11.6 Å². The standard InChI is InChI=1S/C14H17ClFN3/c1-3-14(17-2)11-7-18-19(9-11)8-10-4-5-13(16)12(15)6-10/h4-7,9,14,17H,3,8H2,1-2H3. The number of rotatable bonds is 5. The second-order valence-electron chi connectivity index (χ2n) is 4.47. The fourth-order valence-corrected chi connectivity index (χ4v) is 2.28. The Hall–Kier alpha value is -1.39. The average molecular weight is 282 g/mol. The number of benzene rings is 1. The lowest BCUT2D eigenvalue weighted by atomic mass is 10.1. The Labute approximate surface area is 117 Å². The van der Waals surface area contributed by atoms with Crippen molar-refractivity contribution in [3.63, 3.8) is 0 Å². The van der Waals surface area contributed by atoms with Gasteiger partial charge in [0.1, 0.15) is 5.82 Å². The van der Waals surface area contributed by atoms with Gasteiger partial charge in [-0.3, -0.25) is 4.68 Å². The summed E-state index contributed by atoms with van der Waals surface area (Å²) in [4.78, 5) is 0. The summed E-state index contributed by atoms with van der Waals surface area (Å²) in [6.07, 6.45) is 4.86. The van der Waals surface area contributed by atoms with Crippen LogP contribution in [0.1, 0.15) is 30.5 Å². The SMILES string of the molecule is CCC(NC)c1cnn(Cc2ccc(F)c(Cl)c2)c1. The van der Waals surface area contributed by atoms with Crippen LogP contribution in [0.25, 0.3) is 0 Å². The van der Waals surface area contributed by atoms with Gasteiger partial charge < -0.3 is 5.32 Å². The lowest BCUT2D eigenvalue weighted by Gasteiger charge is -2.10. The van der Waals surface area contributed by atoms with Gasteiger partial charge >= 0.3 is 0 Å². The molecular weight excluding hydrogens is 265 g/mol.